The molecular formula is C22H30O3Si. The number of para-hydroxylation sites is 1. The van der Waals surface area contributed by atoms with Crippen LogP contribution in [-0.2, 0) is 4.43 Å². The van der Waals surface area contributed by atoms with Gasteiger partial charge in [0.15, 0.2) is 5.78 Å². The van der Waals surface area contributed by atoms with E-state index < -0.39 is 13.7 Å². The van der Waals surface area contributed by atoms with Crippen molar-refractivity contribution in [2.75, 3.05) is 0 Å². The number of Topliss-reactive ketones (excluding diaryl/α,β-unsaturated/α-hetero) is 1. The van der Waals surface area contributed by atoms with Gasteiger partial charge in [-0.3, -0.25) is 4.79 Å². The van der Waals surface area contributed by atoms with Gasteiger partial charge in [0.2, 0.25) is 8.32 Å². The minimum Gasteiger partial charge on any atom is -0.547 e. The van der Waals surface area contributed by atoms with Gasteiger partial charge in [-0.2, -0.15) is 0 Å². The molecule has 1 aromatic rings. The summed E-state index contributed by atoms with van der Waals surface area (Å²) in [4.78, 5) is 13.6. The number of allylic oxidation sites excluding steroid dienone is 1. The predicted octanol–water partition coefficient (Wildman–Crippen LogP) is 5.58. The van der Waals surface area contributed by atoms with E-state index in [1.54, 1.807) is 0 Å². The first kappa shape index (κ1) is 17.8. The van der Waals surface area contributed by atoms with E-state index in [-0.39, 0.29) is 23.7 Å². The van der Waals surface area contributed by atoms with E-state index in [0.29, 0.717) is 0 Å². The Morgan fingerprint density at radius 1 is 1.19 bits per heavy atom. The van der Waals surface area contributed by atoms with Gasteiger partial charge in [0.25, 0.3) is 0 Å². The average Bonchev–Trinajstić information content (AvgIpc) is 2.60. The lowest BCUT2D eigenvalue weighted by Crippen LogP contribution is -2.58. The number of rotatable bonds is 2. The molecule has 2 aliphatic carbocycles. The van der Waals surface area contributed by atoms with Gasteiger partial charge in [-0.05, 0) is 69.5 Å². The Bertz CT molecular complexity index is 776. The van der Waals surface area contributed by atoms with E-state index in [2.05, 4.69) is 33.5 Å². The summed E-state index contributed by atoms with van der Waals surface area (Å²) in [6, 6.07) is 7.74. The molecule has 1 fully saturated rings. The van der Waals surface area contributed by atoms with Crippen LogP contribution < -0.4 is 4.74 Å². The zero-order valence-corrected chi connectivity index (χ0v) is 17.6. The monoisotopic (exact) mass is 370 g/mol. The topological polar surface area (TPSA) is 35.5 Å². The van der Waals surface area contributed by atoms with Gasteiger partial charge in [0.1, 0.15) is 11.9 Å². The molecule has 1 heterocycles. The number of carbonyl (C=O) groups is 1. The third-order valence-corrected chi connectivity index (χ3v) is 7.23. The van der Waals surface area contributed by atoms with Crippen LogP contribution >= 0.6 is 0 Å². The average molecular weight is 371 g/mol. The zero-order valence-electron chi connectivity index (χ0n) is 16.6. The molecule has 4 rings (SSSR count). The lowest BCUT2D eigenvalue weighted by atomic mass is 9.55. The molecule has 2 unspecified atom stereocenters. The van der Waals surface area contributed by atoms with E-state index >= 15 is 0 Å². The number of ether oxygens (including phenoxy) is 1. The van der Waals surface area contributed by atoms with Crippen LogP contribution in [0.25, 0.3) is 0 Å². The molecule has 0 aromatic heterocycles. The molecule has 1 aliphatic heterocycles. The van der Waals surface area contributed by atoms with Crippen molar-refractivity contribution in [3.05, 3.63) is 41.2 Å². The Hall–Kier alpha value is -1.55. The SMILES string of the molecule is CC1C(O[Si](C)(C)C)=C2CCCCC2[C@@]2(C)C(=O)c3ccccc3O[C@@H]12. The van der Waals surface area contributed by atoms with Crippen molar-refractivity contribution in [3.8, 4) is 5.75 Å². The molecule has 1 aromatic carbocycles. The summed E-state index contributed by atoms with van der Waals surface area (Å²) in [7, 11) is -1.73. The second-order valence-corrected chi connectivity index (χ2v) is 13.8. The molecule has 0 spiro atoms. The standard InChI is InChI=1S/C22H30O3Si/c1-14-19(25-26(3,4)5)15-10-6-8-12-17(15)22(2)20(23)16-11-7-9-13-18(16)24-21(14)22/h7,9,11,13-14,17,21H,6,8,10,12H2,1-5H3/t14?,17?,21-,22-/m0/s1. The summed E-state index contributed by atoms with van der Waals surface area (Å²) in [5.41, 5.74) is 1.66. The van der Waals surface area contributed by atoms with Crippen molar-refractivity contribution in [2.45, 2.75) is 65.3 Å². The van der Waals surface area contributed by atoms with Crippen LogP contribution in [-0.4, -0.2) is 20.2 Å². The molecule has 3 nitrogen and oxygen atoms in total. The van der Waals surface area contributed by atoms with Crippen molar-refractivity contribution < 1.29 is 14.0 Å². The van der Waals surface area contributed by atoms with Crippen molar-refractivity contribution >= 4 is 14.1 Å². The molecule has 0 saturated heterocycles. The number of fused-ring (bicyclic) bond motifs is 4. The fraction of sp³-hybridized carbons (Fsp3) is 0.591. The summed E-state index contributed by atoms with van der Waals surface area (Å²) in [5, 5.41) is 0. The van der Waals surface area contributed by atoms with Gasteiger partial charge in [-0.25, -0.2) is 0 Å². The van der Waals surface area contributed by atoms with Crippen LogP contribution in [0.15, 0.2) is 35.6 Å². The maximum absolute atomic E-state index is 13.6. The smallest absolute Gasteiger partial charge is 0.241 e. The fourth-order valence-electron chi connectivity index (χ4n) is 5.30. The Balaban J connectivity index is 1.87. The van der Waals surface area contributed by atoms with E-state index in [4.69, 9.17) is 9.16 Å². The maximum Gasteiger partial charge on any atom is 0.241 e. The first-order valence-electron chi connectivity index (χ1n) is 9.96. The molecule has 140 valence electrons. The van der Waals surface area contributed by atoms with Gasteiger partial charge in [0, 0.05) is 0 Å². The van der Waals surface area contributed by atoms with Crippen molar-refractivity contribution in [1.82, 2.24) is 0 Å². The molecule has 4 heteroatoms. The number of ketones is 1. The van der Waals surface area contributed by atoms with E-state index in [0.717, 1.165) is 29.9 Å². The van der Waals surface area contributed by atoms with Crippen molar-refractivity contribution in [2.24, 2.45) is 17.3 Å². The van der Waals surface area contributed by atoms with Crippen molar-refractivity contribution in [1.29, 1.82) is 0 Å². The van der Waals surface area contributed by atoms with Crippen LogP contribution in [0.3, 0.4) is 0 Å². The lowest BCUT2D eigenvalue weighted by Gasteiger charge is -2.54. The largest absolute Gasteiger partial charge is 0.547 e. The molecule has 26 heavy (non-hydrogen) atoms. The summed E-state index contributed by atoms with van der Waals surface area (Å²) in [6.07, 6.45) is 4.35. The van der Waals surface area contributed by atoms with Crippen molar-refractivity contribution in [3.63, 3.8) is 0 Å². The summed E-state index contributed by atoms with van der Waals surface area (Å²) in [6.45, 7) is 11.1. The molecule has 0 amide bonds. The van der Waals surface area contributed by atoms with Crippen LogP contribution in [0.1, 0.15) is 49.9 Å². The number of carbonyl (C=O) groups excluding carboxylic acids is 1. The molecule has 1 saturated carbocycles. The highest BCUT2D eigenvalue weighted by atomic mass is 28.4. The third kappa shape index (κ3) is 2.56. The first-order chi connectivity index (χ1) is 12.2. The minimum atomic E-state index is -1.73. The summed E-state index contributed by atoms with van der Waals surface area (Å²) >= 11 is 0. The molecule has 3 aliphatic rings. The van der Waals surface area contributed by atoms with Gasteiger partial charge >= 0.3 is 0 Å². The molecule has 0 bridgehead atoms. The van der Waals surface area contributed by atoms with E-state index in [1.807, 2.05) is 24.3 Å². The summed E-state index contributed by atoms with van der Waals surface area (Å²) < 4.78 is 13.1. The van der Waals surface area contributed by atoms with Gasteiger partial charge in [-0.15, -0.1) is 0 Å². The Morgan fingerprint density at radius 3 is 2.65 bits per heavy atom. The predicted molar refractivity (Wildman–Crippen MR) is 106 cm³/mol. The second kappa shape index (κ2) is 5.98. The van der Waals surface area contributed by atoms with Gasteiger partial charge in [-0.1, -0.05) is 25.5 Å². The molecular weight excluding hydrogens is 340 g/mol. The lowest BCUT2D eigenvalue weighted by molar-refractivity contribution is -0.0300. The maximum atomic E-state index is 13.6. The quantitative estimate of drug-likeness (QED) is 0.637. The Kier molecular flexibility index (Phi) is 4.10. The van der Waals surface area contributed by atoms with Crippen LogP contribution in [0.2, 0.25) is 19.6 Å². The summed E-state index contributed by atoms with van der Waals surface area (Å²) in [5.74, 6) is 2.48. The Labute approximate surface area is 157 Å². The first-order valence-corrected chi connectivity index (χ1v) is 13.4. The highest BCUT2D eigenvalue weighted by molar-refractivity contribution is 6.70. The number of hydrogen-bond acceptors (Lipinski definition) is 3. The minimum absolute atomic E-state index is 0.105. The van der Waals surface area contributed by atoms with Crippen LogP contribution in [0, 0.1) is 17.3 Å². The molecule has 0 N–H and O–H groups in total. The van der Waals surface area contributed by atoms with E-state index in [1.165, 1.54) is 18.4 Å². The highest BCUT2D eigenvalue weighted by Gasteiger charge is 2.59. The second-order valence-electron chi connectivity index (χ2n) is 9.34. The highest BCUT2D eigenvalue weighted by Crippen LogP contribution is 2.57. The number of hydrogen-bond donors (Lipinski definition) is 0. The number of benzene rings is 1. The van der Waals surface area contributed by atoms with Gasteiger partial charge in [0.05, 0.1) is 22.7 Å². The third-order valence-electron chi connectivity index (χ3n) is 6.40. The normalized spacial score (nSPS) is 33.7. The fourth-order valence-corrected chi connectivity index (χ4v) is 6.28. The molecule has 4 atom stereocenters. The zero-order chi connectivity index (χ0) is 18.7. The van der Waals surface area contributed by atoms with Crippen LogP contribution in [0.4, 0.5) is 0 Å². The van der Waals surface area contributed by atoms with E-state index in [9.17, 15) is 4.79 Å². The molecule has 0 radical (unpaired) electrons. The Morgan fingerprint density at radius 2 is 1.92 bits per heavy atom. The van der Waals surface area contributed by atoms with Gasteiger partial charge < -0.3 is 9.16 Å². The van der Waals surface area contributed by atoms with Crippen LogP contribution in [0.5, 0.6) is 5.75 Å².